The largest absolute Gasteiger partial charge is 0.443 e. The molecule has 2 aromatic heterocycles. The zero-order valence-electron chi connectivity index (χ0n) is 11.7. The molecule has 1 unspecified atom stereocenters. The molecule has 0 aliphatic heterocycles. The van der Waals surface area contributed by atoms with Crippen LogP contribution >= 0.6 is 0 Å². The van der Waals surface area contributed by atoms with E-state index in [1.807, 2.05) is 20.8 Å². The molecule has 2 aromatic rings. The second-order valence-electron chi connectivity index (χ2n) is 5.67. The van der Waals surface area contributed by atoms with Gasteiger partial charge in [-0.25, -0.2) is 4.98 Å². The molecule has 0 fully saturated rings. The second-order valence-corrected chi connectivity index (χ2v) is 5.67. The first kappa shape index (κ1) is 14.6. The molecule has 2 rings (SSSR count). The van der Waals surface area contributed by atoms with Gasteiger partial charge in [-0.05, 0) is 13.0 Å². The minimum absolute atomic E-state index is 0.202. The zero-order chi connectivity index (χ0) is 15.1. The zero-order valence-corrected chi connectivity index (χ0v) is 11.7. The summed E-state index contributed by atoms with van der Waals surface area (Å²) in [6, 6.07) is 0.437. The van der Waals surface area contributed by atoms with Crippen molar-refractivity contribution in [2.45, 2.75) is 45.3 Å². The summed E-state index contributed by atoms with van der Waals surface area (Å²) >= 11 is 0. The van der Waals surface area contributed by atoms with Crippen LogP contribution < -0.4 is 0 Å². The van der Waals surface area contributed by atoms with Crippen LogP contribution in [-0.4, -0.2) is 14.8 Å². The maximum Gasteiger partial charge on any atom is 0.435 e. The van der Waals surface area contributed by atoms with Crippen LogP contribution in [0, 0.1) is 0 Å². The number of nitrogens with zero attached hydrogens (tertiary/aromatic N) is 3. The lowest BCUT2D eigenvalue weighted by Gasteiger charge is -2.14. The highest BCUT2D eigenvalue weighted by molar-refractivity contribution is 5.09. The number of hydrogen-bond donors (Lipinski definition) is 0. The summed E-state index contributed by atoms with van der Waals surface area (Å²) in [6.07, 6.45) is -1.58. The van der Waals surface area contributed by atoms with Crippen LogP contribution in [0.3, 0.4) is 0 Å². The SMILES string of the molecule is CC(c1ncc(C(C)(C)C)o1)n1ccc(C(F)(F)F)n1. The van der Waals surface area contributed by atoms with Gasteiger partial charge in [-0.15, -0.1) is 0 Å². The van der Waals surface area contributed by atoms with E-state index in [9.17, 15) is 13.2 Å². The van der Waals surface area contributed by atoms with Crippen LogP contribution in [0.25, 0.3) is 0 Å². The van der Waals surface area contributed by atoms with E-state index in [0.29, 0.717) is 11.7 Å². The van der Waals surface area contributed by atoms with Crippen LogP contribution in [0.1, 0.15) is 51.1 Å². The van der Waals surface area contributed by atoms with Crippen molar-refractivity contribution in [2.24, 2.45) is 0 Å². The van der Waals surface area contributed by atoms with Crippen molar-refractivity contribution in [3.8, 4) is 0 Å². The van der Waals surface area contributed by atoms with E-state index >= 15 is 0 Å². The van der Waals surface area contributed by atoms with E-state index < -0.39 is 17.9 Å². The van der Waals surface area contributed by atoms with Crippen LogP contribution in [0.15, 0.2) is 22.9 Å². The van der Waals surface area contributed by atoms with Crippen molar-refractivity contribution in [1.82, 2.24) is 14.8 Å². The lowest BCUT2D eigenvalue weighted by molar-refractivity contribution is -0.141. The minimum Gasteiger partial charge on any atom is -0.443 e. The van der Waals surface area contributed by atoms with Crippen molar-refractivity contribution in [3.63, 3.8) is 0 Å². The van der Waals surface area contributed by atoms with Crippen LogP contribution in [-0.2, 0) is 11.6 Å². The standard InChI is InChI=1S/C13H16F3N3O/c1-8(11-17-7-10(20-11)12(2,3)4)19-6-5-9(18-19)13(14,15)16/h5-8H,1-4H3. The highest BCUT2D eigenvalue weighted by Gasteiger charge is 2.34. The topological polar surface area (TPSA) is 43.9 Å². The van der Waals surface area contributed by atoms with Gasteiger partial charge < -0.3 is 4.42 Å². The fourth-order valence-electron chi connectivity index (χ4n) is 1.65. The Hall–Kier alpha value is -1.79. The summed E-state index contributed by atoms with van der Waals surface area (Å²) in [7, 11) is 0. The van der Waals surface area contributed by atoms with Gasteiger partial charge in [0.1, 0.15) is 11.8 Å². The van der Waals surface area contributed by atoms with Crippen molar-refractivity contribution < 1.29 is 17.6 Å². The van der Waals surface area contributed by atoms with Crippen molar-refractivity contribution >= 4 is 0 Å². The van der Waals surface area contributed by atoms with E-state index in [2.05, 4.69) is 10.1 Å². The van der Waals surface area contributed by atoms with Gasteiger partial charge >= 0.3 is 6.18 Å². The fourth-order valence-corrected chi connectivity index (χ4v) is 1.65. The van der Waals surface area contributed by atoms with Crippen LogP contribution in [0.5, 0.6) is 0 Å². The molecule has 20 heavy (non-hydrogen) atoms. The molecule has 1 atom stereocenters. The highest BCUT2D eigenvalue weighted by Crippen LogP contribution is 2.29. The molecule has 2 heterocycles. The lowest BCUT2D eigenvalue weighted by Crippen LogP contribution is -2.12. The molecular formula is C13H16F3N3O. The van der Waals surface area contributed by atoms with Gasteiger partial charge in [-0.3, -0.25) is 4.68 Å². The van der Waals surface area contributed by atoms with Crippen molar-refractivity contribution in [3.05, 3.63) is 35.8 Å². The Balaban J connectivity index is 2.25. The normalized spacial score (nSPS) is 14.6. The molecule has 0 aliphatic carbocycles. The molecule has 110 valence electrons. The van der Waals surface area contributed by atoms with Gasteiger partial charge in [0.2, 0.25) is 5.89 Å². The average molecular weight is 287 g/mol. The van der Waals surface area contributed by atoms with Gasteiger partial charge in [0.25, 0.3) is 0 Å². The number of aromatic nitrogens is 3. The Morgan fingerprint density at radius 1 is 1.25 bits per heavy atom. The highest BCUT2D eigenvalue weighted by atomic mass is 19.4. The number of halogens is 3. The molecule has 0 saturated heterocycles. The monoisotopic (exact) mass is 287 g/mol. The van der Waals surface area contributed by atoms with Crippen LogP contribution in [0.2, 0.25) is 0 Å². The smallest absolute Gasteiger partial charge is 0.435 e. The molecule has 7 heteroatoms. The number of hydrogen-bond acceptors (Lipinski definition) is 3. The maximum absolute atomic E-state index is 12.5. The molecule has 0 spiro atoms. The Morgan fingerprint density at radius 3 is 2.35 bits per heavy atom. The average Bonchev–Trinajstić information content (AvgIpc) is 2.96. The van der Waals surface area contributed by atoms with E-state index in [4.69, 9.17) is 4.42 Å². The number of oxazole rings is 1. The molecule has 0 aliphatic rings. The quantitative estimate of drug-likeness (QED) is 0.844. The predicted octanol–water partition coefficient (Wildman–Crippen LogP) is 3.80. The van der Waals surface area contributed by atoms with E-state index in [-0.39, 0.29) is 5.41 Å². The third kappa shape index (κ3) is 2.86. The second kappa shape index (κ2) is 4.64. The summed E-state index contributed by atoms with van der Waals surface area (Å²) < 4.78 is 44.3. The van der Waals surface area contributed by atoms with E-state index in [1.54, 1.807) is 13.1 Å². The molecule has 4 nitrogen and oxygen atoms in total. The maximum atomic E-state index is 12.5. The van der Waals surface area contributed by atoms with Crippen LogP contribution in [0.4, 0.5) is 13.2 Å². The molecular weight excluding hydrogens is 271 g/mol. The molecule has 0 amide bonds. The summed E-state index contributed by atoms with van der Waals surface area (Å²) in [5, 5.41) is 3.52. The Bertz CT molecular complexity index is 540. The Morgan fingerprint density at radius 2 is 1.90 bits per heavy atom. The summed E-state index contributed by atoms with van der Waals surface area (Å²) in [4.78, 5) is 4.12. The molecule has 0 saturated carbocycles. The van der Waals surface area contributed by atoms with Crippen molar-refractivity contribution in [2.75, 3.05) is 0 Å². The molecule has 0 aromatic carbocycles. The van der Waals surface area contributed by atoms with Gasteiger partial charge in [-0.2, -0.15) is 18.3 Å². The number of alkyl halides is 3. The lowest BCUT2D eigenvalue weighted by atomic mass is 9.94. The minimum atomic E-state index is -4.45. The third-order valence-corrected chi connectivity index (χ3v) is 2.92. The summed E-state index contributed by atoms with van der Waals surface area (Å²) in [5.74, 6) is 1.02. The first-order valence-corrected chi connectivity index (χ1v) is 6.17. The van der Waals surface area contributed by atoms with E-state index in [0.717, 1.165) is 6.07 Å². The fraction of sp³-hybridized carbons (Fsp3) is 0.538. The molecule has 0 N–H and O–H groups in total. The number of rotatable bonds is 2. The predicted molar refractivity (Wildman–Crippen MR) is 66.2 cm³/mol. The van der Waals surface area contributed by atoms with Gasteiger partial charge in [0.05, 0.1) is 6.20 Å². The first-order valence-electron chi connectivity index (χ1n) is 6.17. The Kier molecular flexibility index (Phi) is 3.39. The van der Waals surface area contributed by atoms with Gasteiger partial charge in [0, 0.05) is 11.6 Å². The molecule has 0 bridgehead atoms. The molecule has 0 radical (unpaired) electrons. The third-order valence-electron chi connectivity index (χ3n) is 2.92. The summed E-state index contributed by atoms with van der Waals surface area (Å²) in [6.45, 7) is 7.60. The van der Waals surface area contributed by atoms with E-state index in [1.165, 1.54) is 10.9 Å². The van der Waals surface area contributed by atoms with Gasteiger partial charge in [0.15, 0.2) is 5.69 Å². The van der Waals surface area contributed by atoms with Crippen molar-refractivity contribution in [1.29, 1.82) is 0 Å². The first-order chi connectivity index (χ1) is 9.09. The Labute approximate surface area is 114 Å². The van der Waals surface area contributed by atoms with Gasteiger partial charge in [-0.1, -0.05) is 20.8 Å². The summed E-state index contributed by atoms with van der Waals surface area (Å²) in [5.41, 5.74) is -1.13.